The van der Waals surface area contributed by atoms with Crippen LogP contribution in [0.2, 0.25) is 0 Å². The predicted molar refractivity (Wildman–Crippen MR) is 74.1 cm³/mol. The fourth-order valence-electron chi connectivity index (χ4n) is 3.30. The maximum absolute atomic E-state index is 12.1. The molecule has 0 heterocycles. The smallest absolute Gasteiger partial charge is 0.223 e. The Morgan fingerprint density at radius 1 is 1.22 bits per heavy atom. The van der Waals surface area contributed by atoms with Gasteiger partial charge in [0.25, 0.3) is 0 Å². The molecule has 2 rings (SSSR count). The van der Waals surface area contributed by atoms with Crippen molar-refractivity contribution < 1.29 is 4.79 Å². The third-order valence-electron chi connectivity index (χ3n) is 4.70. The number of hydrogen-bond acceptors (Lipinski definition) is 2. The Morgan fingerprint density at radius 3 is 2.44 bits per heavy atom. The molecule has 2 fully saturated rings. The summed E-state index contributed by atoms with van der Waals surface area (Å²) < 4.78 is 0. The van der Waals surface area contributed by atoms with Crippen LogP contribution in [0.25, 0.3) is 0 Å². The average Bonchev–Trinajstić information content (AvgIpc) is 2.35. The standard InChI is InChI=1S/C15H28N2O/c1-2-3-4-11-5-7-12(8-6-11)15(18)17-14-9-13(16)10-14/h11-14H,2-10,16H2,1H3,(H,17,18). The monoisotopic (exact) mass is 252 g/mol. The predicted octanol–water partition coefficient (Wildman–Crippen LogP) is 2.59. The first-order chi connectivity index (χ1) is 8.69. The van der Waals surface area contributed by atoms with Gasteiger partial charge in [-0.15, -0.1) is 0 Å². The minimum Gasteiger partial charge on any atom is -0.353 e. The van der Waals surface area contributed by atoms with Crippen molar-refractivity contribution in [2.75, 3.05) is 0 Å². The minimum absolute atomic E-state index is 0.278. The number of nitrogens with one attached hydrogen (secondary N) is 1. The van der Waals surface area contributed by atoms with E-state index in [0.29, 0.717) is 18.0 Å². The molecule has 2 aliphatic rings. The number of carbonyl (C=O) groups is 1. The lowest BCUT2D eigenvalue weighted by Crippen LogP contribution is -2.51. The molecule has 0 spiro atoms. The summed E-state index contributed by atoms with van der Waals surface area (Å²) in [5, 5.41) is 3.16. The molecular weight excluding hydrogens is 224 g/mol. The maximum atomic E-state index is 12.1. The highest BCUT2D eigenvalue weighted by Crippen LogP contribution is 2.32. The number of unbranched alkanes of at least 4 members (excludes halogenated alkanes) is 1. The van der Waals surface area contributed by atoms with Crippen molar-refractivity contribution in [3.05, 3.63) is 0 Å². The second-order valence-corrected chi connectivity index (χ2v) is 6.30. The van der Waals surface area contributed by atoms with Crippen LogP contribution in [0.1, 0.15) is 64.7 Å². The summed E-state index contributed by atoms with van der Waals surface area (Å²) in [5.41, 5.74) is 5.74. The van der Waals surface area contributed by atoms with Crippen LogP contribution in [0.4, 0.5) is 0 Å². The lowest BCUT2D eigenvalue weighted by atomic mass is 9.79. The molecule has 104 valence electrons. The molecule has 0 aromatic carbocycles. The van der Waals surface area contributed by atoms with Gasteiger partial charge in [-0.1, -0.05) is 26.2 Å². The number of amides is 1. The van der Waals surface area contributed by atoms with Crippen molar-refractivity contribution in [1.29, 1.82) is 0 Å². The van der Waals surface area contributed by atoms with E-state index in [2.05, 4.69) is 12.2 Å². The SMILES string of the molecule is CCCCC1CCC(C(=O)NC2CC(N)C2)CC1. The Bertz CT molecular complexity index is 266. The minimum atomic E-state index is 0.278. The number of rotatable bonds is 5. The average molecular weight is 252 g/mol. The molecule has 0 bridgehead atoms. The van der Waals surface area contributed by atoms with Crippen molar-refractivity contribution in [3.63, 3.8) is 0 Å². The highest BCUT2D eigenvalue weighted by molar-refractivity contribution is 5.79. The van der Waals surface area contributed by atoms with Gasteiger partial charge in [0.1, 0.15) is 0 Å². The second-order valence-electron chi connectivity index (χ2n) is 6.30. The first-order valence-electron chi connectivity index (χ1n) is 7.75. The zero-order chi connectivity index (χ0) is 13.0. The van der Waals surface area contributed by atoms with Gasteiger partial charge in [-0.05, 0) is 44.4 Å². The van der Waals surface area contributed by atoms with Gasteiger partial charge < -0.3 is 11.1 Å². The molecule has 2 aliphatic carbocycles. The van der Waals surface area contributed by atoms with Crippen molar-refractivity contribution >= 4 is 5.91 Å². The lowest BCUT2D eigenvalue weighted by molar-refractivity contribution is -0.127. The summed E-state index contributed by atoms with van der Waals surface area (Å²) in [6.45, 7) is 2.25. The summed E-state index contributed by atoms with van der Waals surface area (Å²) in [7, 11) is 0. The Balaban J connectivity index is 1.64. The number of hydrogen-bond donors (Lipinski definition) is 2. The van der Waals surface area contributed by atoms with Crippen LogP contribution < -0.4 is 11.1 Å². The molecular formula is C15H28N2O. The Labute approximate surface area is 111 Å². The van der Waals surface area contributed by atoms with E-state index in [1.165, 1.54) is 32.1 Å². The van der Waals surface area contributed by atoms with Gasteiger partial charge in [0, 0.05) is 18.0 Å². The largest absolute Gasteiger partial charge is 0.353 e. The van der Waals surface area contributed by atoms with Gasteiger partial charge in [-0.25, -0.2) is 0 Å². The molecule has 3 nitrogen and oxygen atoms in total. The Hall–Kier alpha value is -0.570. The summed E-state index contributed by atoms with van der Waals surface area (Å²) in [5.74, 6) is 1.45. The van der Waals surface area contributed by atoms with E-state index >= 15 is 0 Å². The molecule has 1 amide bonds. The molecule has 3 heteroatoms. The van der Waals surface area contributed by atoms with Gasteiger partial charge in [-0.3, -0.25) is 4.79 Å². The van der Waals surface area contributed by atoms with E-state index in [-0.39, 0.29) is 5.92 Å². The lowest BCUT2D eigenvalue weighted by Gasteiger charge is -2.35. The molecule has 0 atom stereocenters. The van der Waals surface area contributed by atoms with Crippen LogP contribution in [-0.4, -0.2) is 18.0 Å². The normalized spacial score (nSPS) is 35.9. The molecule has 2 saturated carbocycles. The molecule has 0 unspecified atom stereocenters. The van der Waals surface area contributed by atoms with Crippen molar-refractivity contribution in [1.82, 2.24) is 5.32 Å². The number of nitrogens with two attached hydrogens (primary N) is 1. The third kappa shape index (κ3) is 3.71. The van der Waals surface area contributed by atoms with Crippen LogP contribution >= 0.6 is 0 Å². The molecule has 0 aromatic rings. The van der Waals surface area contributed by atoms with E-state index in [1.807, 2.05) is 0 Å². The molecule has 0 radical (unpaired) electrons. The van der Waals surface area contributed by atoms with Crippen molar-refractivity contribution in [2.24, 2.45) is 17.6 Å². The fourth-order valence-corrected chi connectivity index (χ4v) is 3.30. The third-order valence-corrected chi connectivity index (χ3v) is 4.70. The maximum Gasteiger partial charge on any atom is 0.223 e. The Kier molecular flexibility index (Phi) is 5.04. The van der Waals surface area contributed by atoms with Gasteiger partial charge in [0.2, 0.25) is 5.91 Å². The van der Waals surface area contributed by atoms with Gasteiger partial charge in [0.05, 0.1) is 0 Å². The van der Waals surface area contributed by atoms with Crippen LogP contribution in [0.5, 0.6) is 0 Å². The van der Waals surface area contributed by atoms with E-state index < -0.39 is 0 Å². The summed E-state index contributed by atoms with van der Waals surface area (Å²) >= 11 is 0. The highest BCUT2D eigenvalue weighted by atomic mass is 16.1. The molecule has 18 heavy (non-hydrogen) atoms. The van der Waals surface area contributed by atoms with Crippen molar-refractivity contribution in [2.45, 2.75) is 76.8 Å². The highest BCUT2D eigenvalue weighted by Gasteiger charge is 2.31. The first-order valence-corrected chi connectivity index (χ1v) is 7.75. The molecule has 0 saturated heterocycles. The Morgan fingerprint density at radius 2 is 1.89 bits per heavy atom. The van der Waals surface area contributed by atoms with Crippen LogP contribution in [0.15, 0.2) is 0 Å². The van der Waals surface area contributed by atoms with Gasteiger partial charge >= 0.3 is 0 Å². The topological polar surface area (TPSA) is 55.1 Å². The zero-order valence-corrected chi connectivity index (χ0v) is 11.7. The van der Waals surface area contributed by atoms with Crippen LogP contribution in [-0.2, 0) is 4.79 Å². The van der Waals surface area contributed by atoms with Gasteiger partial charge in [-0.2, -0.15) is 0 Å². The second kappa shape index (κ2) is 6.55. The zero-order valence-electron chi connectivity index (χ0n) is 11.7. The summed E-state index contributed by atoms with van der Waals surface area (Å²) in [4.78, 5) is 12.1. The summed E-state index contributed by atoms with van der Waals surface area (Å²) in [6.07, 6.45) is 10.6. The van der Waals surface area contributed by atoms with Crippen molar-refractivity contribution in [3.8, 4) is 0 Å². The molecule has 3 N–H and O–H groups in total. The number of carbonyl (C=O) groups excluding carboxylic acids is 1. The van der Waals surface area contributed by atoms with E-state index in [4.69, 9.17) is 5.73 Å². The van der Waals surface area contributed by atoms with Crippen LogP contribution in [0, 0.1) is 11.8 Å². The molecule has 0 aromatic heterocycles. The van der Waals surface area contributed by atoms with E-state index in [1.54, 1.807) is 0 Å². The van der Waals surface area contributed by atoms with Crippen LogP contribution in [0.3, 0.4) is 0 Å². The quantitative estimate of drug-likeness (QED) is 0.790. The van der Waals surface area contributed by atoms with E-state index in [0.717, 1.165) is 31.6 Å². The summed E-state index contributed by atoms with van der Waals surface area (Å²) in [6, 6.07) is 0.686. The van der Waals surface area contributed by atoms with E-state index in [9.17, 15) is 4.79 Å². The first kappa shape index (κ1) is 13.9. The fraction of sp³-hybridized carbons (Fsp3) is 0.933. The molecule has 0 aliphatic heterocycles. The van der Waals surface area contributed by atoms with Gasteiger partial charge in [0.15, 0.2) is 0 Å².